The molecule has 0 radical (unpaired) electrons. The molecule has 2 saturated carbocycles. The number of alkyl halides is 3. The van der Waals surface area contributed by atoms with Crippen LogP contribution in [0.5, 0.6) is 0 Å². The van der Waals surface area contributed by atoms with Crippen molar-refractivity contribution in [2.75, 3.05) is 11.9 Å². The predicted molar refractivity (Wildman–Crippen MR) is 149 cm³/mol. The highest BCUT2D eigenvalue weighted by Gasteiger charge is 2.69. The van der Waals surface area contributed by atoms with Crippen molar-refractivity contribution in [2.45, 2.75) is 28.8 Å². The van der Waals surface area contributed by atoms with Crippen LogP contribution in [0.25, 0.3) is 0 Å². The first-order chi connectivity index (χ1) is 19.5. The largest absolute Gasteiger partial charge is 0.418 e. The van der Waals surface area contributed by atoms with Crippen LogP contribution in [0.3, 0.4) is 0 Å². The zero-order chi connectivity index (χ0) is 28.8. The van der Waals surface area contributed by atoms with Crippen molar-refractivity contribution in [2.24, 2.45) is 29.6 Å². The molecule has 2 aliphatic carbocycles. The highest BCUT2D eigenvalue weighted by Crippen LogP contribution is 2.68. The maximum absolute atomic E-state index is 13.7. The number of hydrogen-bond donors (Lipinski definition) is 2. The summed E-state index contributed by atoms with van der Waals surface area (Å²) in [5, 5.41) is 3.04. The number of nitrogens with zero attached hydrogens (tertiary/aromatic N) is 1. The Morgan fingerprint density at radius 2 is 1.71 bits per heavy atom. The normalized spacial score (nSPS) is 29.9. The molecule has 4 aliphatic rings. The fraction of sp³-hybridized carbons (Fsp3) is 0.357. The molecule has 41 heavy (non-hydrogen) atoms. The number of aromatic nitrogens is 1. The first kappa shape index (κ1) is 27.0. The van der Waals surface area contributed by atoms with E-state index in [0.29, 0.717) is 6.42 Å². The van der Waals surface area contributed by atoms with E-state index < -0.39 is 53.5 Å². The summed E-state index contributed by atoms with van der Waals surface area (Å²) in [6.07, 6.45) is -3.98. The van der Waals surface area contributed by atoms with Crippen LogP contribution in [0.15, 0.2) is 62.8 Å². The van der Waals surface area contributed by atoms with Gasteiger partial charge < -0.3 is 10.3 Å². The molecule has 3 fully saturated rings. The zero-order valence-corrected chi connectivity index (χ0v) is 24.2. The van der Waals surface area contributed by atoms with Crippen LogP contribution >= 0.6 is 39.0 Å². The molecule has 2 N–H and O–H groups in total. The summed E-state index contributed by atoms with van der Waals surface area (Å²) >= 11 is 6.21. The Balaban J connectivity index is 1.17. The second kappa shape index (κ2) is 9.56. The monoisotopic (exact) mass is 663 g/mol. The van der Waals surface area contributed by atoms with E-state index in [1.165, 1.54) is 23.5 Å². The molecule has 2 bridgehead atoms. The van der Waals surface area contributed by atoms with Gasteiger partial charge in [-0.05, 0) is 54.0 Å². The number of halogens is 4. The van der Waals surface area contributed by atoms with Gasteiger partial charge in [0.25, 0.3) is 0 Å². The van der Waals surface area contributed by atoms with Gasteiger partial charge in [0.1, 0.15) is 6.54 Å². The molecule has 1 saturated heterocycles. The van der Waals surface area contributed by atoms with E-state index in [2.05, 4.69) is 26.2 Å². The van der Waals surface area contributed by atoms with E-state index in [9.17, 15) is 32.3 Å². The minimum Gasteiger partial charge on any atom is -0.324 e. The maximum Gasteiger partial charge on any atom is 0.418 e. The van der Waals surface area contributed by atoms with Crippen LogP contribution in [0.1, 0.15) is 28.3 Å². The topological polar surface area (TPSA) is 99.3 Å². The quantitative estimate of drug-likeness (QED) is 0.368. The van der Waals surface area contributed by atoms with E-state index in [1.54, 1.807) is 11.8 Å². The number of thioether (sulfide) groups is 1. The van der Waals surface area contributed by atoms with E-state index in [4.69, 9.17) is 0 Å². The molecule has 3 aromatic rings. The molecule has 7 nitrogen and oxygen atoms in total. The molecular formula is C28H21BrF3N3O4S2. The molecule has 1 aromatic heterocycles. The number of aromatic amines is 1. The van der Waals surface area contributed by atoms with Gasteiger partial charge in [-0.2, -0.15) is 13.2 Å². The predicted octanol–water partition coefficient (Wildman–Crippen LogP) is 5.33. The van der Waals surface area contributed by atoms with Gasteiger partial charge in [0.05, 0.1) is 28.1 Å². The summed E-state index contributed by atoms with van der Waals surface area (Å²) in [6.45, 7) is -0.643. The summed E-state index contributed by atoms with van der Waals surface area (Å²) < 4.78 is 41.1. The van der Waals surface area contributed by atoms with Gasteiger partial charge in [-0.25, -0.2) is 0 Å². The lowest BCUT2D eigenvalue weighted by atomic mass is 9.68. The zero-order valence-electron chi connectivity index (χ0n) is 21.0. The minimum absolute atomic E-state index is 0.00293. The number of nitrogens with one attached hydrogen (secondary N) is 2. The van der Waals surface area contributed by atoms with E-state index in [0.717, 1.165) is 37.0 Å². The highest BCUT2D eigenvalue weighted by molar-refractivity contribution is 9.10. The molecule has 0 spiro atoms. The first-order valence-electron chi connectivity index (χ1n) is 13.0. The maximum atomic E-state index is 13.7. The lowest BCUT2D eigenvalue weighted by Gasteiger charge is -2.43. The number of anilines is 1. The van der Waals surface area contributed by atoms with Crippen LogP contribution in [0.4, 0.5) is 18.9 Å². The van der Waals surface area contributed by atoms with E-state index >= 15 is 0 Å². The third-order valence-electron chi connectivity index (χ3n) is 8.85. The number of H-pyrrole nitrogens is 1. The molecule has 212 valence electrons. The molecule has 7 rings (SSSR count). The standard InChI is InChI=1S/C28H21BrF3N3O4S2/c29-12-7-5-11(6-8-12)18-19-13-9-14(22(19)40-24-23(18)41-27(39)34-24)21-20(13)25(37)35(26(21)38)10-17(36)33-16-4-2-1-3-15(16)28(30,31)32/h1-8,13-14,18-22H,9-10H2,(H,33,36)(H,34,39)/t13?,14?,18-,19?,20?,21?,22?/m1/s1. The average Bonchev–Trinajstić information content (AvgIpc) is 3.65. The molecule has 2 aliphatic heterocycles. The van der Waals surface area contributed by atoms with Crippen molar-refractivity contribution in [3.8, 4) is 0 Å². The Morgan fingerprint density at radius 3 is 2.41 bits per heavy atom. The van der Waals surface area contributed by atoms with Gasteiger partial charge in [0.15, 0.2) is 0 Å². The Labute approximate surface area is 248 Å². The van der Waals surface area contributed by atoms with Crippen molar-refractivity contribution in [1.29, 1.82) is 0 Å². The van der Waals surface area contributed by atoms with Crippen molar-refractivity contribution in [1.82, 2.24) is 9.88 Å². The van der Waals surface area contributed by atoms with Crippen LogP contribution in [-0.2, 0) is 20.6 Å². The number of amides is 3. The number of benzene rings is 2. The SMILES string of the molecule is O=C(CN1C(=O)C2C3CC(C2C1=O)C1C3Sc2[nH]c(=O)sc2[C@@H]1c1ccc(Br)cc1)Nc1ccccc1C(F)(F)F. The second-order valence-electron chi connectivity index (χ2n) is 10.9. The number of carbonyl (C=O) groups is 3. The summed E-state index contributed by atoms with van der Waals surface area (Å²) in [5.74, 6) is -3.31. The summed E-state index contributed by atoms with van der Waals surface area (Å²) in [5.41, 5.74) is -0.405. The third kappa shape index (κ3) is 4.22. The van der Waals surface area contributed by atoms with E-state index in [-0.39, 0.29) is 33.8 Å². The highest BCUT2D eigenvalue weighted by atomic mass is 79.9. The van der Waals surface area contributed by atoms with Crippen LogP contribution < -0.4 is 10.2 Å². The van der Waals surface area contributed by atoms with Gasteiger partial charge >= 0.3 is 11.0 Å². The number of carbonyl (C=O) groups excluding carboxylic acids is 3. The average molecular weight is 665 g/mol. The third-order valence-corrected chi connectivity index (χ3v) is 12.0. The lowest BCUT2D eigenvalue weighted by Crippen LogP contribution is -2.42. The van der Waals surface area contributed by atoms with Crippen molar-refractivity contribution in [3.05, 3.63) is 78.7 Å². The molecule has 3 heterocycles. The Morgan fingerprint density at radius 1 is 1.02 bits per heavy atom. The van der Waals surface area contributed by atoms with E-state index in [1.807, 2.05) is 24.3 Å². The Hall–Kier alpha value is -2.90. The van der Waals surface area contributed by atoms with Crippen molar-refractivity contribution >= 4 is 62.4 Å². The number of likely N-dealkylation sites (tertiary alicyclic amines) is 1. The second-order valence-corrected chi connectivity index (χ2v) is 14.0. The smallest absolute Gasteiger partial charge is 0.324 e. The van der Waals surface area contributed by atoms with Crippen LogP contribution in [0.2, 0.25) is 0 Å². The number of thiazole rings is 1. The molecule has 3 amide bonds. The minimum atomic E-state index is -4.68. The number of fused-ring (bicyclic) bond motifs is 9. The Kier molecular flexibility index (Phi) is 6.29. The summed E-state index contributed by atoms with van der Waals surface area (Å²) in [6, 6.07) is 12.5. The van der Waals surface area contributed by atoms with Crippen molar-refractivity contribution in [3.63, 3.8) is 0 Å². The van der Waals surface area contributed by atoms with Gasteiger partial charge in [0.2, 0.25) is 17.7 Å². The number of rotatable bonds is 4. The molecule has 13 heteroatoms. The summed E-state index contributed by atoms with van der Waals surface area (Å²) in [4.78, 5) is 57.1. The molecular weight excluding hydrogens is 643 g/mol. The first-order valence-corrected chi connectivity index (χ1v) is 15.5. The van der Waals surface area contributed by atoms with Crippen LogP contribution in [-0.4, -0.2) is 39.4 Å². The van der Waals surface area contributed by atoms with Crippen molar-refractivity contribution < 1.29 is 27.6 Å². The lowest BCUT2D eigenvalue weighted by molar-refractivity contribution is -0.143. The fourth-order valence-corrected chi connectivity index (χ4v) is 10.6. The van der Waals surface area contributed by atoms with Gasteiger partial charge in [0, 0.05) is 20.5 Å². The fourth-order valence-electron chi connectivity index (χ4n) is 7.45. The van der Waals surface area contributed by atoms with Gasteiger partial charge in [-0.1, -0.05) is 51.5 Å². The van der Waals surface area contributed by atoms with Crippen LogP contribution in [0, 0.1) is 29.6 Å². The molecule has 2 aromatic carbocycles. The van der Waals surface area contributed by atoms with Gasteiger partial charge in [-0.3, -0.25) is 24.1 Å². The Bertz CT molecular complexity index is 1660. The molecule has 6 unspecified atom stereocenters. The van der Waals surface area contributed by atoms with Gasteiger partial charge in [-0.15, -0.1) is 11.8 Å². The summed E-state index contributed by atoms with van der Waals surface area (Å²) in [7, 11) is 0. The number of hydrogen-bond acceptors (Lipinski definition) is 6. The molecule has 7 atom stereocenters. The number of para-hydroxylation sites is 1. The number of imide groups is 1.